The number of benzene rings is 1. The van der Waals surface area contributed by atoms with E-state index in [1.54, 1.807) is 6.07 Å². The molecule has 0 amide bonds. The minimum atomic E-state index is 0.281. The standard InChI is InChI=1S/C13H14N4S/c1-9-8-11(12(14)18)16-13(15-9)17(2)10-6-4-3-5-7-10/h3-8H,1-2H3,(H2,14,18). The molecule has 2 rings (SSSR count). The van der Waals surface area contributed by atoms with Gasteiger partial charge in [-0.3, -0.25) is 0 Å². The zero-order chi connectivity index (χ0) is 13.1. The molecule has 1 aromatic heterocycles. The summed E-state index contributed by atoms with van der Waals surface area (Å²) in [4.78, 5) is 10.9. The summed E-state index contributed by atoms with van der Waals surface area (Å²) < 4.78 is 0. The fourth-order valence-corrected chi connectivity index (χ4v) is 1.70. The first-order valence-electron chi connectivity index (χ1n) is 5.52. The molecule has 0 saturated carbocycles. The molecule has 0 bridgehead atoms. The molecule has 4 nitrogen and oxygen atoms in total. The molecule has 0 saturated heterocycles. The lowest BCUT2D eigenvalue weighted by molar-refractivity contribution is 1.01. The van der Waals surface area contributed by atoms with Crippen LogP contribution in [0.5, 0.6) is 0 Å². The van der Waals surface area contributed by atoms with Crippen LogP contribution in [0.4, 0.5) is 11.6 Å². The number of hydrogen-bond donors (Lipinski definition) is 1. The molecule has 0 unspecified atom stereocenters. The van der Waals surface area contributed by atoms with Gasteiger partial charge >= 0.3 is 0 Å². The number of rotatable bonds is 3. The first-order chi connectivity index (χ1) is 8.58. The van der Waals surface area contributed by atoms with Gasteiger partial charge in [0.15, 0.2) is 0 Å². The Hall–Kier alpha value is -2.01. The van der Waals surface area contributed by atoms with Gasteiger partial charge in [0.05, 0.1) is 0 Å². The molecule has 0 aliphatic rings. The predicted octanol–water partition coefficient (Wildman–Crippen LogP) is 2.19. The smallest absolute Gasteiger partial charge is 0.230 e. The summed E-state index contributed by atoms with van der Waals surface area (Å²) in [5.41, 5.74) is 8.06. The molecule has 5 heteroatoms. The molecule has 2 N–H and O–H groups in total. The molecule has 18 heavy (non-hydrogen) atoms. The van der Waals surface area contributed by atoms with Crippen LogP contribution in [0.1, 0.15) is 11.4 Å². The number of nitrogens with two attached hydrogens (primary N) is 1. The molecule has 0 aliphatic carbocycles. The zero-order valence-electron chi connectivity index (χ0n) is 10.3. The molecule has 0 radical (unpaired) electrons. The van der Waals surface area contributed by atoms with Crippen molar-refractivity contribution in [1.29, 1.82) is 0 Å². The Kier molecular flexibility index (Phi) is 3.53. The van der Waals surface area contributed by atoms with E-state index in [1.807, 2.05) is 49.2 Å². The molecule has 0 aliphatic heterocycles. The van der Waals surface area contributed by atoms with Crippen LogP contribution in [0.15, 0.2) is 36.4 Å². The van der Waals surface area contributed by atoms with Crippen LogP contribution < -0.4 is 10.6 Å². The molecule has 92 valence electrons. The van der Waals surface area contributed by atoms with Crippen molar-refractivity contribution >= 4 is 28.8 Å². The number of aromatic nitrogens is 2. The van der Waals surface area contributed by atoms with Crippen LogP contribution >= 0.6 is 12.2 Å². The number of aryl methyl sites for hydroxylation is 1. The van der Waals surface area contributed by atoms with Gasteiger partial charge in [0.25, 0.3) is 0 Å². The van der Waals surface area contributed by atoms with Gasteiger partial charge in [-0.15, -0.1) is 0 Å². The Balaban J connectivity index is 2.42. The summed E-state index contributed by atoms with van der Waals surface area (Å²) in [6, 6.07) is 11.7. The van der Waals surface area contributed by atoms with E-state index in [0.717, 1.165) is 11.4 Å². The summed E-state index contributed by atoms with van der Waals surface area (Å²) in [7, 11) is 1.91. The van der Waals surface area contributed by atoms with E-state index < -0.39 is 0 Å². The molecule has 0 spiro atoms. The third-order valence-electron chi connectivity index (χ3n) is 2.54. The molecule has 0 fully saturated rings. The molecule has 2 aromatic rings. The van der Waals surface area contributed by atoms with Crippen LogP contribution in [0.2, 0.25) is 0 Å². The summed E-state index contributed by atoms with van der Waals surface area (Å²) in [6.45, 7) is 1.89. The summed E-state index contributed by atoms with van der Waals surface area (Å²) in [6.07, 6.45) is 0. The Labute approximate surface area is 111 Å². The zero-order valence-corrected chi connectivity index (χ0v) is 11.1. The molecular weight excluding hydrogens is 244 g/mol. The highest BCUT2D eigenvalue weighted by atomic mass is 32.1. The second-order valence-corrected chi connectivity index (χ2v) is 4.39. The van der Waals surface area contributed by atoms with Gasteiger partial charge in [0.2, 0.25) is 5.95 Å². The Morgan fingerprint density at radius 1 is 1.22 bits per heavy atom. The minimum absolute atomic E-state index is 0.281. The van der Waals surface area contributed by atoms with Crippen molar-refractivity contribution in [3.63, 3.8) is 0 Å². The topological polar surface area (TPSA) is 55.0 Å². The van der Waals surface area contributed by atoms with Gasteiger partial charge in [-0.25, -0.2) is 9.97 Å². The van der Waals surface area contributed by atoms with E-state index in [4.69, 9.17) is 18.0 Å². The second kappa shape index (κ2) is 5.10. The monoisotopic (exact) mass is 258 g/mol. The fourth-order valence-electron chi connectivity index (χ4n) is 1.60. The summed E-state index contributed by atoms with van der Waals surface area (Å²) in [5.74, 6) is 0.587. The maximum absolute atomic E-state index is 5.61. The largest absolute Gasteiger partial charge is 0.388 e. The minimum Gasteiger partial charge on any atom is -0.388 e. The number of para-hydroxylation sites is 1. The first-order valence-corrected chi connectivity index (χ1v) is 5.93. The fraction of sp³-hybridized carbons (Fsp3) is 0.154. The van der Waals surface area contributed by atoms with E-state index in [1.165, 1.54) is 0 Å². The maximum Gasteiger partial charge on any atom is 0.230 e. The van der Waals surface area contributed by atoms with Crippen molar-refractivity contribution in [2.75, 3.05) is 11.9 Å². The van der Waals surface area contributed by atoms with Crippen LogP contribution in [-0.4, -0.2) is 22.0 Å². The quantitative estimate of drug-likeness (QED) is 0.855. The first kappa shape index (κ1) is 12.4. The molecule has 1 heterocycles. The lowest BCUT2D eigenvalue weighted by Gasteiger charge is -2.18. The molecule has 1 aromatic carbocycles. The van der Waals surface area contributed by atoms with Crippen LogP contribution in [0.3, 0.4) is 0 Å². The number of thiocarbonyl (C=S) groups is 1. The van der Waals surface area contributed by atoms with Crippen molar-refractivity contribution in [1.82, 2.24) is 9.97 Å². The van der Waals surface area contributed by atoms with E-state index in [-0.39, 0.29) is 4.99 Å². The van der Waals surface area contributed by atoms with Gasteiger partial charge in [0, 0.05) is 18.4 Å². The van der Waals surface area contributed by atoms with E-state index in [0.29, 0.717) is 11.6 Å². The summed E-state index contributed by atoms with van der Waals surface area (Å²) >= 11 is 4.95. The maximum atomic E-state index is 5.61. The number of nitrogens with zero attached hydrogens (tertiary/aromatic N) is 3. The lowest BCUT2D eigenvalue weighted by Crippen LogP contribution is -2.18. The van der Waals surface area contributed by atoms with Gasteiger partial charge in [0.1, 0.15) is 10.7 Å². The highest BCUT2D eigenvalue weighted by Gasteiger charge is 2.10. The van der Waals surface area contributed by atoms with Gasteiger partial charge in [-0.2, -0.15) is 0 Å². The van der Waals surface area contributed by atoms with Crippen molar-refractivity contribution in [2.24, 2.45) is 5.73 Å². The highest BCUT2D eigenvalue weighted by molar-refractivity contribution is 7.80. The average molecular weight is 258 g/mol. The highest BCUT2D eigenvalue weighted by Crippen LogP contribution is 2.19. The van der Waals surface area contributed by atoms with Crippen LogP contribution in [0.25, 0.3) is 0 Å². The molecular formula is C13H14N4S. The molecule has 0 atom stereocenters. The Bertz CT molecular complexity index is 568. The lowest BCUT2D eigenvalue weighted by atomic mass is 10.3. The summed E-state index contributed by atoms with van der Waals surface area (Å²) in [5, 5.41) is 0. The van der Waals surface area contributed by atoms with Crippen LogP contribution in [0, 0.1) is 6.92 Å². The second-order valence-electron chi connectivity index (χ2n) is 3.95. The van der Waals surface area contributed by atoms with Crippen molar-refractivity contribution in [2.45, 2.75) is 6.92 Å². The van der Waals surface area contributed by atoms with Gasteiger partial charge < -0.3 is 10.6 Å². The normalized spacial score (nSPS) is 10.1. The van der Waals surface area contributed by atoms with E-state index in [2.05, 4.69) is 9.97 Å². The van der Waals surface area contributed by atoms with Crippen molar-refractivity contribution in [3.8, 4) is 0 Å². The Morgan fingerprint density at radius 3 is 2.50 bits per heavy atom. The van der Waals surface area contributed by atoms with E-state index in [9.17, 15) is 0 Å². The SMILES string of the molecule is Cc1cc(C(N)=S)nc(N(C)c2ccccc2)n1. The number of hydrogen-bond acceptors (Lipinski definition) is 4. The van der Waals surface area contributed by atoms with Crippen molar-refractivity contribution < 1.29 is 0 Å². The van der Waals surface area contributed by atoms with Crippen molar-refractivity contribution in [3.05, 3.63) is 47.8 Å². The van der Waals surface area contributed by atoms with Gasteiger partial charge in [-0.05, 0) is 25.1 Å². The average Bonchev–Trinajstić information content (AvgIpc) is 2.38. The Morgan fingerprint density at radius 2 is 1.89 bits per heavy atom. The predicted molar refractivity (Wildman–Crippen MR) is 77.2 cm³/mol. The third kappa shape index (κ3) is 2.62. The van der Waals surface area contributed by atoms with Gasteiger partial charge in [-0.1, -0.05) is 30.4 Å². The number of anilines is 2. The van der Waals surface area contributed by atoms with Crippen LogP contribution in [-0.2, 0) is 0 Å². The van der Waals surface area contributed by atoms with E-state index >= 15 is 0 Å². The third-order valence-corrected chi connectivity index (χ3v) is 2.75.